The number of para-hydroxylation sites is 1. The van der Waals surface area contributed by atoms with Crippen LogP contribution in [0.3, 0.4) is 0 Å². The van der Waals surface area contributed by atoms with Crippen molar-refractivity contribution in [3.63, 3.8) is 0 Å². The first-order chi connectivity index (χ1) is 13.8. The highest BCUT2D eigenvalue weighted by Crippen LogP contribution is 2.62. The number of non-ortho nitro benzene ring substituents is 1. The van der Waals surface area contributed by atoms with Crippen LogP contribution in [0.4, 0.5) is 11.4 Å². The molecule has 2 bridgehead atoms. The zero-order chi connectivity index (χ0) is 20.4. The summed E-state index contributed by atoms with van der Waals surface area (Å²) < 4.78 is 11.7. The van der Waals surface area contributed by atoms with Crippen LogP contribution in [0.15, 0.2) is 70.1 Å². The number of benzene rings is 2. The molecule has 0 spiro atoms. The van der Waals surface area contributed by atoms with Crippen molar-refractivity contribution in [1.29, 1.82) is 0 Å². The van der Waals surface area contributed by atoms with Crippen LogP contribution in [0, 0.1) is 15.5 Å². The number of nitro groups is 1. The Morgan fingerprint density at radius 3 is 2.52 bits per heavy atom. The van der Waals surface area contributed by atoms with Gasteiger partial charge in [0.2, 0.25) is 5.72 Å². The van der Waals surface area contributed by atoms with Crippen molar-refractivity contribution in [3.05, 3.63) is 98.1 Å². The summed E-state index contributed by atoms with van der Waals surface area (Å²) in [5.74, 6) is 0.169. The van der Waals surface area contributed by atoms with Crippen LogP contribution in [-0.2, 0) is 5.72 Å². The smallest absolute Gasteiger partial charge is 0.343 e. The van der Waals surface area contributed by atoms with E-state index >= 15 is 0 Å². The molecule has 0 aliphatic carbocycles. The van der Waals surface area contributed by atoms with Crippen LogP contribution >= 0.6 is 0 Å². The third kappa shape index (κ3) is 2.21. The van der Waals surface area contributed by atoms with E-state index in [9.17, 15) is 14.9 Å². The largest absolute Gasteiger partial charge is 0.463 e. The van der Waals surface area contributed by atoms with E-state index in [0.717, 1.165) is 16.8 Å². The molecule has 2 atom stereocenters. The lowest BCUT2D eigenvalue weighted by Crippen LogP contribution is -2.61. The summed E-state index contributed by atoms with van der Waals surface area (Å²) in [6, 6.07) is 15.8. The molecule has 2 aromatic carbocycles. The molecule has 5 rings (SSSR count). The molecule has 146 valence electrons. The third-order valence-electron chi connectivity index (χ3n) is 6.13. The van der Waals surface area contributed by atoms with Crippen LogP contribution < -0.4 is 15.7 Å². The van der Waals surface area contributed by atoms with Gasteiger partial charge in [-0.15, -0.1) is 0 Å². The summed E-state index contributed by atoms with van der Waals surface area (Å²) in [4.78, 5) is 23.4. The van der Waals surface area contributed by atoms with E-state index in [4.69, 9.17) is 9.15 Å². The second-order valence-corrected chi connectivity index (χ2v) is 7.94. The van der Waals surface area contributed by atoms with Crippen molar-refractivity contribution < 1.29 is 14.1 Å². The number of fused-ring (bicyclic) bond motifs is 6. The van der Waals surface area contributed by atoms with Crippen molar-refractivity contribution >= 4 is 11.4 Å². The monoisotopic (exact) mass is 390 g/mol. The van der Waals surface area contributed by atoms with Crippen molar-refractivity contribution in [2.24, 2.45) is 5.41 Å². The molecule has 1 aromatic heterocycles. The van der Waals surface area contributed by atoms with Gasteiger partial charge in [0.25, 0.3) is 5.69 Å². The number of anilines is 1. The Balaban J connectivity index is 1.82. The Morgan fingerprint density at radius 1 is 1.07 bits per heavy atom. The number of nitrogens with one attached hydrogen (secondary N) is 1. The minimum atomic E-state index is -1.03. The average Bonchev–Trinajstić information content (AvgIpc) is 2.68. The molecule has 7 nitrogen and oxygen atoms in total. The zero-order valence-electron chi connectivity index (χ0n) is 15.8. The Bertz CT molecular complexity index is 1200. The first kappa shape index (κ1) is 17.5. The molecule has 0 saturated carbocycles. The minimum Gasteiger partial charge on any atom is -0.463 e. The molecule has 29 heavy (non-hydrogen) atoms. The Morgan fingerprint density at radius 2 is 1.79 bits per heavy atom. The number of ether oxygens (including phenoxy) is 1. The summed E-state index contributed by atoms with van der Waals surface area (Å²) in [6.45, 7) is 4.05. The Kier molecular flexibility index (Phi) is 3.44. The fourth-order valence-corrected chi connectivity index (χ4v) is 4.73. The van der Waals surface area contributed by atoms with Gasteiger partial charge in [-0.25, -0.2) is 4.79 Å². The van der Waals surface area contributed by atoms with E-state index in [1.165, 1.54) is 18.4 Å². The van der Waals surface area contributed by atoms with E-state index < -0.39 is 21.7 Å². The molecule has 0 fully saturated rings. The summed E-state index contributed by atoms with van der Waals surface area (Å²) in [7, 11) is 0. The number of hydrogen-bond donors (Lipinski definition) is 1. The van der Waals surface area contributed by atoms with Gasteiger partial charge < -0.3 is 14.5 Å². The Hall–Kier alpha value is -3.61. The van der Waals surface area contributed by atoms with Crippen molar-refractivity contribution in [2.45, 2.75) is 25.5 Å². The third-order valence-corrected chi connectivity index (χ3v) is 6.13. The summed E-state index contributed by atoms with van der Waals surface area (Å²) in [5.41, 5.74) is 1.02. The van der Waals surface area contributed by atoms with Gasteiger partial charge in [0.1, 0.15) is 5.75 Å². The molecular formula is C22H18N2O5. The Labute approximate surface area is 166 Å². The topological polar surface area (TPSA) is 94.6 Å². The van der Waals surface area contributed by atoms with Crippen LogP contribution in [0.2, 0.25) is 0 Å². The predicted molar refractivity (Wildman–Crippen MR) is 106 cm³/mol. The molecule has 0 amide bonds. The van der Waals surface area contributed by atoms with Gasteiger partial charge in [0.15, 0.2) is 0 Å². The molecule has 0 radical (unpaired) electrons. The van der Waals surface area contributed by atoms with E-state index in [-0.39, 0.29) is 11.6 Å². The second-order valence-electron chi connectivity index (χ2n) is 7.94. The van der Waals surface area contributed by atoms with E-state index in [0.29, 0.717) is 11.3 Å². The standard InChI is InChI=1S/C22H18N2O5/c1-21(2)19-15-5-3-4-6-16(15)23-22(21,13-7-9-14(10-8-13)24(26)27)29-17-11-12-28-20(25)18(17)19/h3-12,19,23H,1-2H3/t19-,22?/m1/s1. The number of hydrogen-bond acceptors (Lipinski definition) is 6. The lowest BCUT2D eigenvalue weighted by molar-refractivity contribution is -0.384. The van der Waals surface area contributed by atoms with Crippen LogP contribution in [0.5, 0.6) is 5.75 Å². The zero-order valence-corrected chi connectivity index (χ0v) is 15.8. The number of nitrogens with zero attached hydrogens (tertiary/aromatic N) is 1. The van der Waals surface area contributed by atoms with Gasteiger partial charge in [-0.1, -0.05) is 32.0 Å². The van der Waals surface area contributed by atoms with Crippen LogP contribution in [0.1, 0.15) is 36.5 Å². The summed E-state index contributed by atoms with van der Waals surface area (Å²) in [6.07, 6.45) is 1.32. The quantitative estimate of drug-likeness (QED) is 0.515. The maximum absolute atomic E-state index is 12.7. The van der Waals surface area contributed by atoms with Gasteiger partial charge in [-0.3, -0.25) is 10.1 Å². The van der Waals surface area contributed by atoms with Gasteiger partial charge in [0, 0.05) is 40.8 Å². The van der Waals surface area contributed by atoms with Crippen molar-refractivity contribution in [2.75, 3.05) is 5.32 Å². The second kappa shape index (κ2) is 5.70. The van der Waals surface area contributed by atoms with Crippen molar-refractivity contribution in [3.8, 4) is 5.75 Å². The molecule has 3 aromatic rings. The number of rotatable bonds is 2. The van der Waals surface area contributed by atoms with E-state index in [1.54, 1.807) is 18.2 Å². The molecular weight excluding hydrogens is 372 g/mol. The molecule has 3 heterocycles. The SMILES string of the molecule is CC1(C)[C@@H]2c3ccccc3NC1(c1ccc([N+](=O)[O-])cc1)Oc1ccoc(=O)c12. The lowest BCUT2D eigenvalue weighted by Gasteiger charge is -2.57. The molecule has 2 aliphatic rings. The maximum Gasteiger partial charge on any atom is 0.343 e. The molecule has 0 saturated heterocycles. The van der Waals surface area contributed by atoms with Gasteiger partial charge in [-0.2, -0.15) is 0 Å². The molecule has 7 heteroatoms. The maximum atomic E-state index is 12.7. The first-order valence-corrected chi connectivity index (χ1v) is 9.28. The van der Waals surface area contributed by atoms with Crippen molar-refractivity contribution in [1.82, 2.24) is 0 Å². The lowest BCUT2D eigenvalue weighted by atomic mass is 9.59. The van der Waals surface area contributed by atoms with Crippen LogP contribution in [-0.4, -0.2) is 4.92 Å². The summed E-state index contributed by atoms with van der Waals surface area (Å²) in [5, 5.41) is 14.6. The highest BCUT2D eigenvalue weighted by Gasteiger charge is 2.61. The van der Waals surface area contributed by atoms with Crippen LogP contribution in [0.25, 0.3) is 0 Å². The molecule has 1 N–H and O–H groups in total. The summed E-state index contributed by atoms with van der Waals surface area (Å²) >= 11 is 0. The van der Waals surface area contributed by atoms with E-state index in [1.807, 2.05) is 38.1 Å². The first-order valence-electron chi connectivity index (χ1n) is 9.28. The van der Waals surface area contributed by atoms with Gasteiger partial charge >= 0.3 is 5.63 Å². The van der Waals surface area contributed by atoms with Gasteiger partial charge in [0.05, 0.1) is 16.7 Å². The highest BCUT2D eigenvalue weighted by molar-refractivity contribution is 5.65. The molecule has 2 aliphatic heterocycles. The predicted octanol–water partition coefficient (Wildman–Crippen LogP) is 4.38. The average molecular weight is 390 g/mol. The highest BCUT2D eigenvalue weighted by atomic mass is 16.6. The number of nitro benzene ring substituents is 1. The van der Waals surface area contributed by atoms with Gasteiger partial charge in [-0.05, 0) is 23.8 Å². The van der Waals surface area contributed by atoms with E-state index in [2.05, 4.69) is 5.32 Å². The normalized spacial score (nSPS) is 23.2. The molecule has 1 unspecified atom stereocenters. The fraction of sp³-hybridized carbons (Fsp3) is 0.227. The minimum absolute atomic E-state index is 0.00701. The fourth-order valence-electron chi connectivity index (χ4n) is 4.73.